The predicted octanol–water partition coefficient (Wildman–Crippen LogP) is 7.08. The smallest absolute Gasteiger partial charge is 0.444 e. The summed E-state index contributed by atoms with van der Waals surface area (Å²) < 4.78 is 68.1. The number of alkyl halides is 3. The third kappa shape index (κ3) is 6.46. The average Bonchev–Trinajstić information content (AvgIpc) is 3.22. The molecule has 0 aromatic heterocycles. The van der Waals surface area contributed by atoms with E-state index in [9.17, 15) is 4.79 Å². The van der Waals surface area contributed by atoms with Crippen LogP contribution in [0.25, 0.3) is 0 Å². The molecular weight excluding hydrogens is 527 g/mol. The molecule has 0 aliphatic carbocycles. The van der Waals surface area contributed by atoms with Gasteiger partial charge in [0.25, 0.3) is 5.79 Å². The van der Waals surface area contributed by atoms with E-state index in [1.54, 1.807) is 98.5 Å². The van der Waals surface area contributed by atoms with Gasteiger partial charge in [0.05, 0.1) is 7.11 Å². The van der Waals surface area contributed by atoms with Gasteiger partial charge in [0.2, 0.25) is 0 Å². The highest BCUT2D eigenvalue weighted by atomic mass is 28.4. The monoisotopic (exact) mass is 559 g/mol. The van der Waals surface area contributed by atoms with Gasteiger partial charge in [-0.2, -0.15) is 13.2 Å². The third-order valence-electron chi connectivity index (χ3n) is 6.26. The van der Waals surface area contributed by atoms with Crippen molar-refractivity contribution in [2.45, 2.75) is 56.9 Å². The van der Waals surface area contributed by atoms with Crippen LogP contribution in [0.2, 0.25) is 19.6 Å². The molecule has 3 atom stereocenters. The molecule has 0 saturated carbocycles. The van der Waals surface area contributed by atoms with Crippen molar-refractivity contribution in [2.75, 3.05) is 7.11 Å². The topological polar surface area (TPSA) is 57.2 Å². The predicted molar refractivity (Wildman–Crippen MR) is 142 cm³/mol. The second kappa shape index (κ2) is 11.4. The van der Waals surface area contributed by atoms with Crippen molar-refractivity contribution in [3.8, 4) is 5.75 Å². The molecule has 1 saturated heterocycles. The summed E-state index contributed by atoms with van der Waals surface area (Å²) >= 11 is 0. The minimum Gasteiger partial charge on any atom is -0.497 e. The fourth-order valence-electron chi connectivity index (χ4n) is 4.59. The van der Waals surface area contributed by atoms with Gasteiger partial charge < -0.3 is 18.6 Å². The first-order chi connectivity index (χ1) is 18.4. The average molecular weight is 560 g/mol. The zero-order chi connectivity index (χ0) is 28.3. The Kier molecular flexibility index (Phi) is 8.39. The Labute approximate surface area is 227 Å². The van der Waals surface area contributed by atoms with Crippen molar-refractivity contribution in [1.29, 1.82) is 0 Å². The molecule has 6 nitrogen and oxygen atoms in total. The number of nitrogens with zero attached hydrogens (tertiary/aromatic N) is 1. The van der Waals surface area contributed by atoms with Gasteiger partial charge >= 0.3 is 12.3 Å². The van der Waals surface area contributed by atoms with Crippen LogP contribution in [0.3, 0.4) is 0 Å². The second-order valence-corrected chi connectivity index (χ2v) is 14.7. The molecule has 0 bridgehead atoms. The standard InChI is InChI=1S/C29H32F3NO5Si/c1-35-24-17-15-23(16-18-24)26-33(27(34)36-20-22-13-9-6-10-14-22)25(19-21-11-7-5-8-12-21)28(37-26,29(30,31)32)38-39(2,3)4/h5-18,25-26H,19-20H2,1-4H3/t25-,26-,28-/m0/s1. The summed E-state index contributed by atoms with van der Waals surface area (Å²) in [7, 11) is -1.40. The lowest BCUT2D eigenvalue weighted by molar-refractivity contribution is -0.353. The molecule has 1 aliphatic heterocycles. The van der Waals surface area contributed by atoms with Gasteiger partial charge in [-0.1, -0.05) is 72.8 Å². The van der Waals surface area contributed by atoms with Crippen LogP contribution >= 0.6 is 0 Å². The van der Waals surface area contributed by atoms with E-state index >= 15 is 13.2 Å². The van der Waals surface area contributed by atoms with Crippen molar-refractivity contribution < 1.29 is 36.6 Å². The summed E-state index contributed by atoms with van der Waals surface area (Å²) in [5, 5.41) is 0. The molecule has 10 heteroatoms. The lowest BCUT2D eigenvalue weighted by Crippen LogP contribution is -2.62. The lowest BCUT2D eigenvalue weighted by atomic mass is 9.97. The van der Waals surface area contributed by atoms with E-state index in [0.29, 0.717) is 22.4 Å². The Bertz CT molecular complexity index is 1240. The first kappa shape index (κ1) is 28.7. The van der Waals surface area contributed by atoms with Gasteiger partial charge in [-0.05, 0) is 49.3 Å². The van der Waals surface area contributed by atoms with Crippen LogP contribution in [0.15, 0.2) is 84.9 Å². The number of rotatable bonds is 8. The molecule has 3 aromatic carbocycles. The maximum Gasteiger partial charge on any atom is 0.444 e. The van der Waals surface area contributed by atoms with Crippen LogP contribution in [-0.4, -0.2) is 44.4 Å². The van der Waals surface area contributed by atoms with Gasteiger partial charge in [0, 0.05) is 5.56 Å². The number of ether oxygens (including phenoxy) is 3. The molecular formula is C29H32F3NO5Si. The molecule has 3 aromatic rings. The molecule has 0 radical (unpaired) electrons. The van der Waals surface area contributed by atoms with E-state index in [2.05, 4.69) is 0 Å². The number of hydrogen-bond acceptors (Lipinski definition) is 5. The summed E-state index contributed by atoms with van der Waals surface area (Å²) in [6, 6.07) is 22.4. The maximum absolute atomic E-state index is 15.2. The van der Waals surface area contributed by atoms with Gasteiger partial charge in [0.15, 0.2) is 14.5 Å². The van der Waals surface area contributed by atoms with Gasteiger partial charge in [-0.25, -0.2) is 4.79 Å². The van der Waals surface area contributed by atoms with E-state index in [0.717, 1.165) is 4.90 Å². The van der Waals surface area contributed by atoms with Crippen LogP contribution < -0.4 is 4.74 Å². The Hall–Kier alpha value is -3.34. The Balaban J connectivity index is 1.83. The molecule has 4 rings (SSSR count). The van der Waals surface area contributed by atoms with E-state index in [1.165, 1.54) is 7.11 Å². The molecule has 39 heavy (non-hydrogen) atoms. The fourth-order valence-corrected chi connectivity index (χ4v) is 5.80. The lowest BCUT2D eigenvalue weighted by Gasteiger charge is -2.40. The number of carbonyl (C=O) groups is 1. The fraction of sp³-hybridized carbons (Fsp3) is 0.345. The molecule has 0 N–H and O–H groups in total. The van der Waals surface area contributed by atoms with Crippen LogP contribution in [-0.2, 0) is 26.9 Å². The van der Waals surface area contributed by atoms with E-state index in [4.69, 9.17) is 18.6 Å². The van der Waals surface area contributed by atoms with Crippen LogP contribution in [0.1, 0.15) is 22.9 Å². The number of benzene rings is 3. The van der Waals surface area contributed by atoms with Gasteiger partial charge in [-0.15, -0.1) is 0 Å². The summed E-state index contributed by atoms with van der Waals surface area (Å²) in [4.78, 5) is 14.7. The third-order valence-corrected chi connectivity index (χ3v) is 7.17. The van der Waals surface area contributed by atoms with Crippen molar-refractivity contribution in [1.82, 2.24) is 4.90 Å². The Morgan fingerprint density at radius 3 is 2.00 bits per heavy atom. The first-order valence-corrected chi connectivity index (χ1v) is 16.0. The molecule has 1 heterocycles. The SMILES string of the molecule is COc1ccc([C@@H]2O[C@@](O[Si](C)(C)C)(C(F)(F)F)[C@H](Cc3ccccc3)N2C(=O)OCc2ccccc2)cc1. The first-order valence-electron chi connectivity index (χ1n) is 12.5. The van der Waals surface area contributed by atoms with Gasteiger partial charge in [-0.3, -0.25) is 4.90 Å². The Morgan fingerprint density at radius 2 is 1.49 bits per heavy atom. The molecule has 1 fully saturated rings. The molecule has 208 valence electrons. The number of carbonyl (C=O) groups excluding carboxylic acids is 1. The summed E-state index contributed by atoms with van der Waals surface area (Å²) in [5.41, 5.74) is 1.62. The Morgan fingerprint density at radius 1 is 0.923 bits per heavy atom. The van der Waals surface area contributed by atoms with E-state index in [-0.39, 0.29) is 13.0 Å². The number of halogens is 3. The molecule has 1 amide bonds. The maximum atomic E-state index is 15.2. The number of methoxy groups -OCH3 is 1. The zero-order valence-electron chi connectivity index (χ0n) is 22.3. The normalized spacial score (nSPS) is 21.6. The highest BCUT2D eigenvalue weighted by Crippen LogP contribution is 2.52. The summed E-state index contributed by atoms with van der Waals surface area (Å²) in [6.45, 7) is 4.85. The summed E-state index contributed by atoms with van der Waals surface area (Å²) in [6.07, 6.45) is -7.50. The van der Waals surface area contributed by atoms with Crippen LogP contribution in [0, 0.1) is 0 Å². The molecule has 1 aliphatic rings. The van der Waals surface area contributed by atoms with Crippen molar-refractivity contribution >= 4 is 14.4 Å². The van der Waals surface area contributed by atoms with Gasteiger partial charge in [0.1, 0.15) is 18.4 Å². The van der Waals surface area contributed by atoms with E-state index in [1.807, 2.05) is 6.07 Å². The molecule has 0 unspecified atom stereocenters. The summed E-state index contributed by atoms with van der Waals surface area (Å²) in [5.74, 6) is -2.57. The van der Waals surface area contributed by atoms with Crippen molar-refractivity contribution in [2.24, 2.45) is 0 Å². The minimum atomic E-state index is -4.97. The van der Waals surface area contributed by atoms with E-state index < -0.39 is 38.6 Å². The van der Waals surface area contributed by atoms with Crippen molar-refractivity contribution in [3.63, 3.8) is 0 Å². The molecule has 0 spiro atoms. The quantitative estimate of drug-likeness (QED) is 0.276. The van der Waals surface area contributed by atoms with Crippen molar-refractivity contribution in [3.05, 3.63) is 102 Å². The highest BCUT2D eigenvalue weighted by Gasteiger charge is 2.71. The highest BCUT2D eigenvalue weighted by molar-refractivity contribution is 6.69. The zero-order valence-corrected chi connectivity index (χ0v) is 23.3. The number of amides is 1. The second-order valence-electron chi connectivity index (χ2n) is 10.3. The van der Waals surface area contributed by atoms with Crippen LogP contribution in [0.5, 0.6) is 5.75 Å². The minimum absolute atomic E-state index is 0.114. The number of hydrogen-bond donors (Lipinski definition) is 0. The van der Waals surface area contributed by atoms with Crippen LogP contribution in [0.4, 0.5) is 18.0 Å². The largest absolute Gasteiger partial charge is 0.497 e.